The van der Waals surface area contributed by atoms with E-state index in [0.29, 0.717) is 18.7 Å². The maximum Gasteiger partial charge on any atom is 0.0991 e. The Hall–Kier alpha value is -1.41. The molecule has 0 saturated carbocycles. The molecule has 4 nitrogen and oxygen atoms in total. The van der Waals surface area contributed by atoms with Crippen LogP contribution in [0.1, 0.15) is 31.1 Å². The normalized spacial score (nSPS) is 12.4. The third kappa shape index (κ3) is 5.39. The number of aliphatic hydroxyl groups excluding tert-OH is 1. The van der Waals surface area contributed by atoms with Crippen LogP contribution in [-0.4, -0.2) is 42.9 Å². The lowest BCUT2D eigenvalue weighted by Crippen LogP contribution is -2.31. The van der Waals surface area contributed by atoms with Crippen molar-refractivity contribution in [1.82, 2.24) is 4.90 Å². The van der Waals surface area contributed by atoms with Crippen molar-refractivity contribution < 1.29 is 9.84 Å². The topological polar surface area (TPSA) is 56.5 Å². The molecule has 0 saturated heterocycles. The number of benzene rings is 1. The minimum absolute atomic E-state index is 0.533. The first-order valence-corrected chi connectivity index (χ1v) is 6.69. The van der Waals surface area contributed by atoms with E-state index < -0.39 is 6.10 Å². The van der Waals surface area contributed by atoms with E-state index in [0.717, 1.165) is 25.3 Å². The number of ether oxygens (including phenoxy) is 1. The summed E-state index contributed by atoms with van der Waals surface area (Å²) in [5, 5.41) is 18.9. The van der Waals surface area contributed by atoms with E-state index in [2.05, 4.69) is 17.9 Å². The molecule has 0 aliphatic rings. The van der Waals surface area contributed by atoms with Crippen molar-refractivity contribution in [1.29, 1.82) is 5.26 Å². The Morgan fingerprint density at radius 1 is 1.32 bits per heavy atom. The molecule has 0 heterocycles. The molecule has 0 fully saturated rings. The zero-order chi connectivity index (χ0) is 14.1. The van der Waals surface area contributed by atoms with Crippen LogP contribution in [0.2, 0.25) is 0 Å². The van der Waals surface area contributed by atoms with E-state index in [-0.39, 0.29) is 0 Å². The van der Waals surface area contributed by atoms with Gasteiger partial charge in [-0.25, -0.2) is 0 Å². The summed E-state index contributed by atoms with van der Waals surface area (Å²) >= 11 is 0. The van der Waals surface area contributed by atoms with Gasteiger partial charge in [0, 0.05) is 19.7 Å². The van der Waals surface area contributed by atoms with Gasteiger partial charge in [-0.15, -0.1) is 0 Å². The molecular weight excluding hydrogens is 240 g/mol. The molecule has 0 radical (unpaired) electrons. The van der Waals surface area contributed by atoms with Crippen LogP contribution in [-0.2, 0) is 4.74 Å². The van der Waals surface area contributed by atoms with E-state index in [1.807, 2.05) is 6.92 Å². The largest absolute Gasteiger partial charge is 0.387 e. The molecule has 1 atom stereocenters. The van der Waals surface area contributed by atoms with Crippen molar-refractivity contribution in [2.24, 2.45) is 0 Å². The number of hydrogen-bond donors (Lipinski definition) is 1. The average molecular weight is 262 g/mol. The Morgan fingerprint density at radius 2 is 2.00 bits per heavy atom. The standard InChI is InChI=1S/C15H22N2O2/c1-3-17(9-10-19-4-2)12-15(18)14-7-5-13(11-16)6-8-14/h5-8,15,18H,3-4,9-10,12H2,1-2H3. The highest BCUT2D eigenvalue weighted by Gasteiger charge is 2.12. The van der Waals surface area contributed by atoms with Gasteiger partial charge in [0.1, 0.15) is 0 Å². The Morgan fingerprint density at radius 3 is 2.53 bits per heavy atom. The summed E-state index contributed by atoms with van der Waals surface area (Å²) in [7, 11) is 0. The second-order valence-electron chi connectivity index (χ2n) is 4.34. The van der Waals surface area contributed by atoms with Crippen molar-refractivity contribution in [3.63, 3.8) is 0 Å². The van der Waals surface area contributed by atoms with E-state index in [1.165, 1.54) is 0 Å². The van der Waals surface area contributed by atoms with Crippen LogP contribution in [0.3, 0.4) is 0 Å². The van der Waals surface area contributed by atoms with Gasteiger partial charge in [0.2, 0.25) is 0 Å². The number of aliphatic hydroxyl groups is 1. The zero-order valence-electron chi connectivity index (χ0n) is 11.7. The number of hydrogen-bond acceptors (Lipinski definition) is 4. The highest BCUT2D eigenvalue weighted by atomic mass is 16.5. The lowest BCUT2D eigenvalue weighted by molar-refractivity contribution is 0.0792. The third-order valence-corrected chi connectivity index (χ3v) is 3.06. The van der Waals surface area contributed by atoms with Crippen molar-refractivity contribution in [3.05, 3.63) is 35.4 Å². The Bertz CT molecular complexity index is 398. The van der Waals surface area contributed by atoms with Crippen LogP contribution in [0.15, 0.2) is 24.3 Å². The SMILES string of the molecule is CCOCCN(CC)CC(O)c1ccc(C#N)cc1. The second kappa shape index (κ2) is 8.65. The molecule has 0 aliphatic heterocycles. The minimum atomic E-state index is -0.533. The molecule has 0 bridgehead atoms. The molecular formula is C15H22N2O2. The van der Waals surface area contributed by atoms with Crippen LogP contribution in [0.25, 0.3) is 0 Å². The van der Waals surface area contributed by atoms with Crippen molar-refractivity contribution in [3.8, 4) is 6.07 Å². The first-order chi connectivity index (χ1) is 9.21. The molecule has 1 aromatic rings. The minimum Gasteiger partial charge on any atom is -0.387 e. The van der Waals surface area contributed by atoms with E-state index in [9.17, 15) is 5.11 Å². The predicted molar refractivity (Wildman–Crippen MR) is 74.7 cm³/mol. The molecule has 0 aliphatic carbocycles. The summed E-state index contributed by atoms with van der Waals surface area (Å²) in [6.07, 6.45) is -0.533. The van der Waals surface area contributed by atoms with Gasteiger partial charge in [-0.1, -0.05) is 19.1 Å². The average Bonchev–Trinajstić information content (AvgIpc) is 2.46. The third-order valence-electron chi connectivity index (χ3n) is 3.06. The van der Waals surface area contributed by atoms with Gasteiger partial charge < -0.3 is 9.84 Å². The van der Waals surface area contributed by atoms with Crippen LogP contribution >= 0.6 is 0 Å². The molecule has 1 rings (SSSR count). The summed E-state index contributed by atoms with van der Waals surface area (Å²) < 4.78 is 5.32. The van der Waals surface area contributed by atoms with Gasteiger partial charge in [0.15, 0.2) is 0 Å². The maximum absolute atomic E-state index is 10.2. The molecule has 0 amide bonds. The maximum atomic E-state index is 10.2. The number of likely N-dealkylation sites (N-methyl/N-ethyl adjacent to an activating group) is 1. The van der Waals surface area contributed by atoms with Crippen LogP contribution < -0.4 is 0 Å². The Kier molecular flexibility index (Phi) is 7.12. The van der Waals surface area contributed by atoms with Crippen molar-refractivity contribution >= 4 is 0 Å². The van der Waals surface area contributed by atoms with Gasteiger partial charge in [-0.3, -0.25) is 4.90 Å². The predicted octanol–water partition coefficient (Wildman–Crippen LogP) is 1.95. The van der Waals surface area contributed by atoms with Gasteiger partial charge in [0.05, 0.1) is 24.3 Å². The highest BCUT2D eigenvalue weighted by Crippen LogP contribution is 2.15. The molecule has 1 unspecified atom stereocenters. The van der Waals surface area contributed by atoms with Gasteiger partial charge in [-0.2, -0.15) is 5.26 Å². The number of rotatable bonds is 8. The van der Waals surface area contributed by atoms with Crippen molar-refractivity contribution in [2.75, 3.05) is 32.8 Å². The highest BCUT2D eigenvalue weighted by molar-refractivity contribution is 5.32. The van der Waals surface area contributed by atoms with Gasteiger partial charge in [-0.05, 0) is 31.2 Å². The van der Waals surface area contributed by atoms with Crippen molar-refractivity contribution in [2.45, 2.75) is 20.0 Å². The lowest BCUT2D eigenvalue weighted by Gasteiger charge is -2.23. The van der Waals surface area contributed by atoms with Crippen LogP contribution in [0, 0.1) is 11.3 Å². The summed E-state index contributed by atoms with van der Waals surface area (Å²) in [6, 6.07) is 9.14. The smallest absolute Gasteiger partial charge is 0.0991 e. The molecule has 19 heavy (non-hydrogen) atoms. The van der Waals surface area contributed by atoms with Crippen LogP contribution in [0.4, 0.5) is 0 Å². The zero-order valence-corrected chi connectivity index (χ0v) is 11.7. The first kappa shape index (κ1) is 15.6. The van der Waals surface area contributed by atoms with E-state index in [1.54, 1.807) is 24.3 Å². The quantitative estimate of drug-likeness (QED) is 0.728. The Labute approximate surface area is 115 Å². The summed E-state index contributed by atoms with van der Waals surface area (Å²) in [5.41, 5.74) is 1.45. The van der Waals surface area contributed by atoms with Crippen LogP contribution in [0.5, 0.6) is 0 Å². The molecule has 1 N–H and O–H groups in total. The molecule has 0 spiro atoms. The number of nitriles is 1. The van der Waals surface area contributed by atoms with Gasteiger partial charge in [0.25, 0.3) is 0 Å². The fourth-order valence-corrected chi connectivity index (χ4v) is 1.85. The molecule has 4 heteroatoms. The summed E-state index contributed by atoms with van der Waals surface area (Å²) in [5.74, 6) is 0. The molecule has 1 aromatic carbocycles. The fourth-order valence-electron chi connectivity index (χ4n) is 1.85. The second-order valence-corrected chi connectivity index (χ2v) is 4.34. The Balaban J connectivity index is 2.51. The fraction of sp³-hybridized carbons (Fsp3) is 0.533. The molecule has 0 aromatic heterocycles. The van der Waals surface area contributed by atoms with Gasteiger partial charge >= 0.3 is 0 Å². The number of nitrogens with zero attached hydrogens (tertiary/aromatic N) is 2. The molecule has 104 valence electrons. The van der Waals surface area contributed by atoms with E-state index in [4.69, 9.17) is 10.00 Å². The monoisotopic (exact) mass is 262 g/mol. The van der Waals surface area contributed by atoms with E-state index >= 15 is 0 Å². The summed E-state index contributed by atoms with van der Waals surface area (Å²) in [4.78, 5) is 2.15. The summed E-state index contributed by atoms with van der Waals surface area (Å²) in [6.45, 7) is 7.72. The lowest BCUT2D eigenvalue weighted by atomic mass is 10.1. The first-order valence-electron chi connectivity index (χ1n) is 6.69.